The first-order chi connectivity index (χ1) is 19.5. The molecule has 2 aromatic carbocycles. The van der Waals surface area contributed by atoms with Crippen LogP contribution < -0.4 is 11.1 Å². The van der Waals surface area contributed by atoms with E-state index in [9.17, 15) is 9.59 Å². The fourth-order valence-corrected chi connectivity index (χ4v) is 5.65. The van der Waals surface area contributed by atoms with Crippen molar-refractivity contribution in [1.29, 1.82) is 0 Å². The van der Waals surface area contributed by atoms with E-state index in [1.165, 1.54) is 0 Å². The fraction of sp³-hybridized carbons (Fsp3) is 0.300. The second-order valence-corrected chi connectivity index (χ2v) is 10.9. The highest BCUT2D eigenvalue weighted by atomic mass is 32.1. The number of rotatable bonds is 14. The van der Waals surface area contributed by atoms with Gasteiger partial charge in [0.1, 0.15) is 5.82 Å². The molecule has 0 aliphatic carbocycles. The summed E-state index contributed by atoms with van der Waals surface area (Å²) in [5.41, 5.74) is 9.18. The van der Waals surface area contributed by atoms with E-state index < -0.39 is 0 Å². The third-order valence-corrected chi connectivity index (χ3v) is 7.95. The van der Waals surface area contributed by atoms with Crippen LogP contribution in [0.3, 0.4) is 0 Å². The summed E-state index contributed by atoms with van der Waals surface area (Å²) in [6.45, 7) is 0.486. The third kappa shape index (κ3) is 7.20. The van der Waals surface area contributed by atoms with E-state index >= 15 is 0 Å². The zero-order chi connectivity index (χ0) is 27.7. The summed E-state index contributed by atoms with van der Waals surface area (Å²) in [5.74, 6) is 0.592. The van der Waals surface area contributed by atoms with Crippen molar-refractivity contribution in [3.8, 4) is 16.9 Å². The predicted molar refractivity (Wildman–Crippen MR) is 157 cm³/mol. The van der Waals surface area contributed by atoms with Crippen molar-refractivity contribution in [2.45, 2.75) is 50.9 Å². The maximum absolute atomic E-state index is 12.8. The van der Waals surface area contributed by atoms with Gasteiger partial charge in [-0.15, -0.1) is 11.3 Å². The lowest BCUT2D eigenvalue weighted by Crippen LogP contribution is -2.29. The quantitative estimate of drug-likeness (QED) is 0.163. The van der Waals surface area contributed by atoms with Crippen molar-refractivity contribution in [2.75, 3.05) is 6.54 Å². The van der Waals surface area contributed by atoms with Gasteiger partial charge >= 0.3 is 0 Å². The number of para-hydroxylation sites is 1. The fourth-order valence-electron chi connectivity index (χ4n) is 4.68. The van der Waals surface area contributed by atoms with E-state index in [0.717, 1.165) is 63.7 Å². The third-order valence-electron chi connectivity index (χ3n) is 6.85. The van der Waals surface area contributed by atoms with Gasteiger partial charge in [0.2, 0.25) is 11.8 Å². The molecule has 0 radical (unpaired) electrons. The summed E-state index contributed by atoms with van der Waals surface area (Å²) in [6.07, 6.45) is 10.3. The smallest absolute Gasteiger partial charge is 0.220 e. The number of thiazole rings is 1. The average Bonchev–Trinajstić information content (AvgIpc) is 3.74. The molecule has 10 heteroatoms. The average molecular weight is 556 g/mol. The Bertz CT molecular complexity index is 1510. The summed E-state index contributed by atoms with van der Waals surface area (Å²) < 4.78 is 2.95. The lowest BCUT2D eigenvalue weighted by molar-refractivity contribution is -0.121. The number of nitrogens with one attached hydrogen (secondary N) is 2. The number of aromatic amines is 1. The molecule has 5 rings (SSSR count). The molecule has 0 aliphatic rings. The molecule has 0 spiro atoms. The molecular formula is C30H33N7O2S. The maximum Gasteiger partial charge on any atom is 0.220 e. The summed E-state index contributed by atoms with van der Waals surface area (Å²) in [7, 11) is 0. The topological polar surface area (TPSA) is 132 Å². The van der Waals surface area contributed by atoms with Crippen LogP contribution in [0.1, 0.15) is 55.3 Å². The molecule has 0 saturated carbocycles. The predicted octanol–water partition coefficient (Wildman–Crippen LogP) is 5.14. The van der Waals surface area contributed by atoms with E-state index in [0.29, 0.717) is 25.8 Å². The van der Waals surface area contributed by atoms with Crippen molar-refractivity contribution < 1.29 is 9.59 Å². The lowest BCUT2D eigenvalue weighted by atomic mass is 9.99. The molecule has 0 aliphatic heterocycles. The van der Waals surface area contributed by atoms with Crippen LogP contribution in [0, 0.1) is 0 Å². The summed E-state index contributed by atoms with van der Waals surface area (Å²) in [4.78, 5) is 36.6. The minimum atomic E-state index is -0.272. The van der Waals surface area contributed by atoms with Gasteiger partial charge < -0.3 is 16.0 Å². The number of imidazole rings is 1. The van der Waals surface area contributed by atoms with E-state index in [-0.39, 0.29) is 17.7 Å². The second kappa shape index (κ2) is 13.2. The zero-order valence-electron chi connectivity index (χ0n) is 22.3. The number of hydrogen-bond donors (Lipinski definition) is 3. The number of unbranched alkanes of at least 4 members (excludes halogenated alkanes) is 2. The van der Waals surface area contributed by atoms with Crippen LogP contribution >= 0.6 is 11.3 Å². The number of aromatic nitrogens is 5. The lowest BCUT2D eigenvalue weighted by Gasteiger charge is -2.16. The van der Waals surface area contributed by atoms with Crippen molar-refractivity contribution >= 4 is 33.4 Å². The number of hydrogen-bond acceptors (Lipinski definition) is 6. The molecule has 40 heavy (non-hydrogen) atoms. The molecule has 9 nitrogen and oxygen atoms in total. The van der Waals surface area contributed by atoms with Gasteiger partial charge in [-0.3, -0.25) is 9.59 Å². The van der Waals surface area contributed by atoms with E-state index in [1.807, 2.05) is 65.6 Å². The van der Waals surface area contributed by atoms with E-state index in [2.05, 4.69) is 31.4 Å². The van der Waals surface area contributed by atoms with Crippen molar-refractivity contribution in [3.05, 3.63) is 84.0 Å². The number of amides is 2. The van der Waals surface area contributed by atoms with Crippen LogP contribution in [0.15, 0.2) is 73.2 Å². The number of carbonyl (C=O) groups excluding carboxylic acids is 2. The number of primary amides is 1. The van der Waals surface area contributed by atoms with Gasteiger partial charge in [-0.25, -0.2) is 14.6 Å². The Hall–Kier alpha value is -4.31. The molecular weight excluding hydrogens is 522 g/mol. The summed E-state index contributed by atoms with van der Waals surface area (Å²) in [5, 5.41) is 8.36. The second-order valence-electron chi connectivity index (χ2n) is 9.82. The first-order valence-electron chi connectivity index (χ1n) is 13.6. The van der Waals surface area contributed by atoms with Crippen LogP contribution in [0.5, 0.6) is 0 Å². The number of nitrogens with two attached hydrogens (primary N) is 1. The van der Waals surface area contributed by atoms with Gasteiger partial charge in [-0.2, -0.15) is 5.10 Å². The first kappa shape index (κ1) is 27.3. The highest BCUT2D eigenvalue weighted by molar-refractivity contribution is 7.18. The first-order valence-corrected chi connectivity index (χ1v) is 14.4. The van der Waals surface area contributed by atoms with Crippen LogP contribution in [0.4, 0.5) is 0 Å². The number of nitrogens with zero attached hydrogens (tertiary/aromatic N) is 4. The number of fused-ring (bicyclic) bond motifs is 1. The van der Waals surface area contributed by atoms with Gasteiger partial charge in [-0.05, 0) is 48.7 Å². The Morgan fingerprint density at radius 2 is 1.88 bits per heavy atom. The number of carbonyl (C=O) groups is 2. The van der Waals surface area contributed by atoms with Gasteiger partial charge in [0, 0.05) is 44.1 Å². The summed E-state index contributed by atoms with van der Waals surface area (Å²) >= 11 is 1.64. The molecule has 0 saturated heterocycles. The number of H-pyrrole nitrogens is 1. The normalized spacial score (nSPS) is 12.0. The molecule has 0 fully saturated rings. The standard InChI is InChI=1S/C30H33N7O2S/c31-27(38)10-3-1-2-7-22(19-32-28(39)15-16-29-35-24-8-4-5-9-26(24)40-29)30-33-20-25(36-30)21-11-13-23(14-12-21)37-18-6-17-34-37/h4-6,8-9,11-14,17-18,20,22H,1-3,7,10,15-16,19H2,(H2,31,38)(H,32,39)(H,33,36). The molecule has 1 atom stereocenters. The van der Waals surface area contributed by atoms with Gasteiger partial charge in [0.15, 0.2) is 0 Å². The van der Waals surface area contributed by atoms with Crippen LogP contribution in [0.25, 0.3) is 27.2 Å². The SMILES string of the molecule is NC(=O)CCCCCC(CNC(=O)CCc1nc2ccccc2s1)c1ncc(-c2ccc(-n3cccn3)cc2)[nH]1. The molecule has 206 valence electrons. The minimum Gasteiger partial charge on any atom is -0.370 e. The van der Waals surface area contributed by atoms with Gasteiger partial charge in [-0.1, -0.05) is 37.1 Å². The Morgan fingerprint density at radius 3 is 2.65 bits per heavy atom. The molecule has 0 bridgehead atoms. The van der Waals surface area contributed by atoms with E-state index in [1.54, 1.807) is 17.5 Å². The molecule has 2 amide bonds. The number of benzene rings is 2. The highest BCUT2D eigenvalue weighted by Crippen LogP contribution is 2.25. The Morgan fingerprint density at radius 1 is 1.02 bits per heavy atom. The molecule has 3 heterocycles. The largest absolute Gasteiger partial charge is 0.370 e. The monoisotopic (exact) mass is 555 g/mol. The maximum atomic E-state index is 12.8. The van der Waals surface area contributed by atoms with Gasteiger partial charge in [0.25, 0.3) is 0 Å². The Labute approximate surface area is 236 Å². The molecule has 4 N–H and O–H groups in total. The number of aryl methyl sites for hydroxylation is 1. The molecule has 3 aromatic heterocycles. The van der Waals surface area contributed by atoms with Crippen LogP contribution in [0.2, 0.25) is 0 Å². The Kier molecular flexibility index (Phi) is 8.97. The van der Waals surface area contributed by atoms with Crippen molar-refractivity contribution in [3.63, 3.8) is 0 Å². The van der Waals surface area contributed by atoms with Crippen LogP contribution in [-0.4, -0.2) is 43.1 Å². The Balaban J connectivity index is 1.20. The molecule has 5 aromatic rings. The van der Waals surface area contributed by atoms with Crippen molar-refractivity contribution in [1.82, 2.24) is 30.0 Å². The van der Waals surface area contributed by atoms with Gasteiger partial charge in [0.05, 0.1) is 32.8 Å². The van der Waals surface area contributed by atoms with Crippen LogP contribution in [-0.2, 0) is 16.0 Å². The van der Waals surface area contributed by atoms with E-state index in [4.69, 9.17) is 5.73 Å². The highest BCUT2D eigenvalue weighted by Gasteiger charge is 2.18. The molecule has 1 unspecified atom stereocenters. The summed E-state index contributed by atoms with van der Waals surface area (Å²) in [6, 6.07) is 18.0. The van der Waals surface area contributed by atoms with Crippen molar-refractivity contribution in [2.24, 2.45) is 5.73 Å². The zero-order valence-corrected chi connectivity index (χ0v) is 23.1. The minimum absolute atomic E-state index is 0.000950.